The second kappa shape index (κ2) is 10.9. The Morgan fingerprint density at radius 3 is 1.23 bits per heavy atom. The summed E-state index contributed by atoms with van der Waals surface area (Å²) in [5.74, 6) is 0. The summed E-state index contributed by atoms with van der Waals surface area (Å²) in [5, 5.41) is 2.91. The van der Waals surface area contributed by atoms with Gasteiger partial charge in [0.1, 0.15) is 0 Å². The summed E-state index contributed by atoms with van der Waals surface area (Å²) in [6, 6.07) is 43.7. The van der Waals surface area contributed by atoms with Gasteiger partial charge in [0.25, 0.3) is 0 Å². The molecule has 4 aromatic carbocycles. The van der Waals surface area contributed by atoms with Crippen LogP contribution in [0.15, 0.2) is 121 Å². The third kappa shape index (κ3) is 5.89. The Kier molecular flexibility index (Phi) is 7.45. The van der Waals surface area contributed by atoms with Gasteiger partial charge in [0.2, 0.25) is 0 Å². The van der Waals surface area contributed by atoms with E-state index in [9.17, 15) is 0 Å². The van der Waals surface area contributed by atoms with Crippen molar-refractivity contribution in [1.29, 1.82) is 0 Å². The minimum absolute atomic E-state index is 0.374. The van der Waals surface area contributed by atoms with Crippen LogP contribution in [0.1, 0.15) is 11.1 Å². The lowest BCUT2D eigenvalue weighted by Crippen LogP contribution is -2.28. The quantitative estimate of drug-likeness (QED) is 0.315. The maximum Gasteiger partial charge on any atom is 0.0237 e. The number of nitrogens with zero attached hydrogens (tertiary/aromatic N) is 1. The summed E-state index contributed by atoms with van der Waals surface area (Å²) in [6.45, 7) is 3.02. The van der Waals surface area contributed by atoms with Crippen molar-refractivity contribution in [3.05, 3.63) is 132 Å². The highest BCUT2D eigenvalue weighted by molar-refractivity contribution is 7.73. The molecule has 150 valence electrons. The molecule has 0 bridgehead atoms. The molecule has 0 fully saturated rings. The molecule has 0 atom stereocenters. The van der Waals surface area contributed by atoms with E-state index in [1.54, 1.807) is 0 Å². The van der Waals surface area contributed by atoms with E-state index in [-0.39, 0.29) is 7.92 Å². The van der Waals surface area contributed by atoms with Crippen LogP contribution in [-0.2, 0) is 13.1 Å². The largest absolute Gasteiger partial charge is 0.294 e. The summed E-state index contributed by atoms with van der Waals surface area (Å²) >= 11 is 0. The predicted molar refractivity (Wildman–Crippen MR) is 131 cm³/mol. The molecule has 0 aromatic heterocycles. The summed E-state index contributed by atoms with van der Waals surface area (Å²) in [5.41, 5.74) is 2.74. The van der Waals surface area contributed by atoms with E-state index in [1.807, 2.05) is 0 Å². The Labute approximate surface area is 181 Å². The summed E-state index contributed by atoms with van der Waals surface area (Å²) in [4.78, 5) is 2.59. The van der Waals surface area contributed by atoms with Gasteiger partial charge in [-0.3, -0.25) is 4.90 Å². The SMILES string of the molecule is c1ccc(CN(CCP(c2ccccc2)c2ccccc2)Cc2ccccc2)cc1. The minimum atomic E-state index is -0.374. The third-order valence-corrected chi connectivity index (χ3v) is 7.76. The molecule has 0 spiro atoms. The van der Waals surface area contributed by atoms with E-state index in [2.05, 4.69) is 126 Å². The fraction of sp³-hybridized carbons (Fsp3) is 0.143. The van der Waals surface area contributed by atoms with Crippen LogP contribution in [0, 0.1) is 0 Å². The molecule has 4 rings (SSSR count). The van der Waals surface area contributed by atoms with E-state index in [0.717, 1.165) is 25.8 Å². The lowest BCUT2D eigenvalue weighted by molar-refractivity contribution is 0.273. The molecule has 0 aliphatic carbocycles. The average Bonchev–Trinajstić information content (AvgIpc) is 2.82. The van der Waals surface area contributed by atoms with E-state index in [0.29, 0.717) is 0 Å². The van der Waals surface area contributed by atoms with E-state index in [1.165, 1.54) is 21.7 Å². The summed E-state index contributed by atoms with van der Waals surface area (Å²) in [7, 11) is -0.374. The van der Waals surface area contributed by atoms with E-state index < -0.39 is 0 Å². The zero-order chi connectivity index (χ0) is 20.4. The Morgan fingerprint density at radius 1 is 0.467 bits per heavy atom. The number of hydrogen-bond acceptors (Lipinski definition) is 1. The van der Waals surface area contributed by atoms with Crippen LogP contribution >= 0.6 is 7.92 Å². The Hall–Kier alpha value is -2.73. The Balaban J connectivity index is 1.54. The van der Waals surface area contributed by atoms with Crippen LogP contribution < -0.4 is 10.6 Å². The first-order chi connectivity index (χ1) is 14.9. The molecule has 30 heavy (non-hydrogen) atoms. The van der Waals surface area contributed by atoms with Gasteiger partial charge in [-0.25, -0.2) is 0 Å². The topological polar surface area (TPSA) is 3.24 Å². The van der Waals surface area contributed by atoms with Crippen LogP contribution in [0.2, 0.25) is 0 Å². The molecular formula is C28H28NP. The second-order valence-electron chi connectivity index (χ2n) is 7.50. The normalized spacial score (nSPS) is 11.1. The van der Waals surface area contributed by atoms with Crippen molar-refractivity contribution in [3.63, 3.8) is 0 Å². The van der Waals surface area contributed by atoms with Crippen LogP contribution in [0.4, 0.5) is 0 Å². The van der Waals surface area contributed by atoms with Gasteiger partial charge in [0.15, 0.2) is 0 Å². The van der Waals surface area contributed by atoms with E-state index in [4.69, 9.17) is 0 Å². The standard InChI is InChI=1S/C28H28NP/c1-5-13-25(14-6-1)23-29(24-26-15-7-2-8-16-26)21-22-30(27-17-9-3-10-18-27)28-19-11-4-12-20-28/h1-20H,21-24H2. The maximum atomic E-state index is 2.59. The van der Waals surface area contributed by atoms with Gasteiger partial charge in [-0.15, -0.1) is 0 Å². The van der Waals surface area contributed by atoms with Gasteiger partial charge in [-0.1, -0.05) is 121 Å². The molecular weight excluding hydrogens is 381 g/mol. The molecule has 0 heterocycles. The highest BCUT2D eigenvalue weighted by atomic mass is 31.1. The van der Waals surface area contributed by atoms with Gasteiger partial charge in [0, 0.05) is 19.6 Å². The van der Waals surface area contributed by atoms with Crippen molar-refractivity contribution < 1.29 is 0 Å². The van der Waals surface area contributed by atoms with Crippen LogP contribution in [0.3, 0.4) is 0 Å². The molecule has 0 saturated carbocycles. The zero-order valence-corrected chi connectivity index (χ0v) is 18.2. The van der Waals surface area contributed by atoms with Gasteiger partial charge in [-0.05, 0) is 35.8 Å². The Bertz CT molecular complexity index is 907. The van der Waals surface area contributed by atoms with Crippen LogP contribution in [0.5, 0.6) is 0 Å². The fourth-order valence-corrected chi connectivity index (χ4v) is 6.12. The molecule has 0 aliphatic heterocycles. The number of hydrogen-bond donors (Lipinski definition) is 0. The van der Waals surface area contributed by atoms with Gasteiger partial charge < -0.3 is 0 Å². The molecule has 0 aliphatic rings. The van der Waals surface area contributed by atoms with Crippen molar-refractivity contribution in [2.45, 2.75) is 13.1 Å². The van der Waals surface area contributed by atoms with Gasteiger partial charge in [0.05, 0.1) is 0 Å². The van der Waals surface area contributed by atoms with Crippen LogP contribution in [0.25, 0.3) is 0 Å². The molecule has 0 radical (unpaired) electrons. The first kappa shape index (κ1) is 20.5. The number of rotatable bonds is 9. The highest BCUT2D eigenvalue weighted by Crippen LogP contribution is 2.33. The van der Waals surface area contributed by atoms with Crippen molar-refractivity contribution in [2.24, 2.45) is 0 Å². The minimum Gasteiger partial charge on any atom is -0.294 e. The molecule has 2 heteroatoms. The summed E-state index contributed by atoms with van der Waals surface area (Å²) < 4.78 is 0. The molecule has 1 nitrogen and oxygen atoms in total. The monoisotopic (exact) mass is 409 g/mol. The predicted octanol–water partition coefficient (Wildman–Crippen LogP) is 5.82. The smallest absolute Gasteiger partial charge is 0.0237 e. The van der Waals surface area contributed by atoms with Crippen molar-refractivity contribution in [1.82, 2.24) is 4.90 Å². The zero-order valence-electron chi connectivity index (χ0n) is 17.3. The van der Waals surface area contributed by atoms with E-state index >= 15 is 0 Å². The Morgan fingerprint density at radius 2 is 0.833 bits per heavy atom. The van der Waals surface area contributed by atoms with Crippen LogP contribution in [-0.4, -0.2) is 17.6 Å². The average molecular weight is 410 g/mol. The maximum absolute atomic E-state index is 2.59. The fourth-order valence-electron chi connectivity index (χ4n) is 3.76. The molecule has 0 amide bonds. The van der Waals surface area contributed by atoms with Crippen molar-refractivity contribution in [3.8, 4) is 0 Å². The third-order valence-electron chi connectivity index (χ3n) is 5.27. The first-order valence-corrected chi connectivity index (χ1v) is 12.1. The van der Waals surface area contributed by atoms with Crippen molar-refractivity contribution >= 4 is 18.5 Å². The molecule has 0 N–H and O–H groups in total. The summed E-state index contributed by atoms with van der Waals surface area (Å²) in [6.07, 6.45) is 1.16. The molecule has 4 aromatic rings. The lowest BCUT2D eigenvalue weighted by atomic mass is 10.1. The second-order valence-corrected chi connectivity index (χ2v) is 9.84. The van der Waals surface area contributed by atoms with Crippen molar-refractivity contribution in [2.75, 3.05) is 12.7 Å². The van der Waals surface area contributed by atoms with Gasteiger partial charge in [-0.2, -0.15) is 0 Å². The number of benzene rings is 4. The van der Waals surface area contributed by atoms with Gasteiger partial charge >= 0.3 is 0 Å². The lowest BCUT2D eigenvalue weighted by Gasteiger charge is -2.26. The molecule has 0 unspecified atom stereocenters. The first-order valence-electron chi connectivity index (χ1n) is 10.6. The highest BCUT2D eigenvalue weighted by Gasteiger charge is 2.16. The molecule has 0 saturated heterocycles.